The number of benzene rings is 2. The van der Waals surface area contributed by atoms with Gasteiger partial charge in [-0.15, -0.1) is 0 Å². The normalized spacial score (nSPS) is 18.3. The molecule has 0 N–H and O–H groups in total. The number of fused-ring (bicyclic) bond motifs is 1. The van der Waals surface area contributed by atoms with Crippen molar-refractivity contribution in [2.24, 2.45) is 0 Å². The molecule has 4 rings (SSSR count). The lowest BCUT2D eigenvalue weighted by atomic mass is 9.91. The molecule has 1 aliphatic heterocycles. The Morgan fingerprint density at radius 3 is 2.44 bits per heavy atom. The Kier molecular flexibility index (Phi) is 4.39. The zero-order valence-electron chi connectivity index (χ0n) is 16.9. The van der Waals surface area contributed by atoms with E-state index in [0.717, 1.165) is 12.2 Å². The van der Waals surface area contributed by atoms with Gasteiger partial charge in [0.2, 0.25) is 6.33 Å². The van der Waals surface area contributed by atoms with Gasteiger partial charge in [-0.3, -0.25) is 0 Å². The number of rotatable bonds is 3. The van der Waals surface area contributed by atoms with Crippen molar-refractivity contribution in [3.05, 3.63) is 76.9 Å². The second-order valence-electron chi connectivity index (χ2n) is 8.23. The Balaban J connectivity index is 1.78. The van der Waals surface area contributed by atoms with Crippen LogP contribution in [-0.2, 0) is 17.8 Å². The van der Waals surface area contributed by atoms with Crippen molar-refractivity contribution in [1.29, 1.82) is 0 Å². The van der Waals surface area contributed by atoms with Crippen LogP contribution in [-0.4, -0.2) is 15.4 Å². The van der Waals surface area contributed by atoms with Crippen molar-refractivity contribution in [1.82, 2.24) is 9.78 Å². The maximum atomic E-state index is 6.21. The number of aromatic nitrogens is 3. The molecular weight excluding hydrogens is 334 g/mol. The lowest BCUT2D eigenvalue weighted by molar-refractivity contribution is -0.757. The highest BCUT2D eigenvalue weighted by atomic mass is 16.5. The van der Waals surface area contributed by atoms with Crippen LogP contribution in [0.5, 0.6) is 0 Å². The van der Waals surface area contributed by atoms with Gasteiger partial charge < -0.3 is 4.74 Å². The Morgan fingerprint density at radius 1 is 1.11 bits per heavy atom. The van der Waals surface area contributed by atoms with E-state index in [0.29, 0.717) is 6.61 Å². The standard InChI is InChI=1S/C23H28N3O/c1-16-11-17(2)22(18(3)12-16)26-15-25-20(13-19-9-7-6-8-10-19)23(4,5)27-14-21(25)24-26/h6-12,15,20H,13-14H2,1-5H3/q+1. The summed E-state index contributed by atoms with van der Waals surface area (Å²) in [5, 5.41) is 4.88. The van der Waals surface area contributed by atoms with Crippen LogP contribution >= 0.6 is 0 Å². The van der Waals surface area contributed by atoms with Gasteiger partial charge in [0.25, 0.3) is 0 Å². The highest BCUT2D eigenvalue weighted by Gasteiger charge is 2.42. The molecule has 3 aromatic rings. The minimum atomic E-state index is -0.251. The largest absolute Gasteiger partial charge is 0.361 e. The molecule has 1 aliphatic rings. The molecule has 0 fully saturated rings. The zero-order valence-corrected chi connectivity index (χ0v) is 16.9. The first-order valence-electron chi connectivity index (χ1n) is 9.61. The molecule has 0 aliphatic carbocycles. The molecule has 1 atom stereocenters. The van der Waals surface area contributed by atoms with Gasteiger partial charge in [-0.25, -0.2) is 4.57 Å². The molecule has 27 heavy (non-hydrogen) atoms. The van der Waals surface area contributed by atoms with Crippen LogP contribution in [0, 0.1) is 20.8 Å². The molecule has 0 radical (unpaired) electrons. The first-order chi connectivity index (χ1) is 12.8. The number of hydrogen-bond donors (Lipinski definition) is 0. The highest BCUT2D eigenvalue weighted by molar-refractivity contribution is 5.48. The van der Waals surface area contributed by atoms with E-state index in [2.05, 4.69) is 88.0 Å². The summed E-state index contributed by atoms with van der Waals surface area (Å²) in [6, 6.07) is 15.3. The third-order valence-electron chi connectivity index (χ3n) is 5.60. The fraction of sp³-hybridized carbons (Fsp3) is 0.391. The van der Waals surface area contributed by atoms with E-state index in [1.807, 2.05) is 4.68 Å². The summed E-state index contributed by atoms with van der Waals surface area (Å²) < 4.78 is 10.6. The van der Waals surface area contributed by atoms with Gasteiger partial charge in [0.05, 0.1) is 5.60 Å². The topological polar surface area (TPSA) is 30.9 Å². The molecule has 2 aromatic carbocycles. The molecular formula is C23H28N3O+. The summed E-state index contributed by atoms with van der Waals surface area (Å²) in [5.41, 5.74) is 6.00. The average Bonchev–Trinajstić information content (AvgIpc) is 3.01. The zero-order chi connectivity index (χ0) is 19.2. The fourth-order valence-corrected chi connectivity index (χ4v) is 4.25. The van der Waals surface area contributed by atoms with Crippen LogP contribution in [0.1, 0.15) is 48.0 Å². The van der Waals surface area contributed by atoms with Crippen molar-refractivity contribution >= 4 is 0 Å². The van der Waals surface area contributed by atoms with E-state index in [9.17, 15) is 0 Å². The van der Waals surface area contributed by atoms with Crippen molar-refractivity contribution in [2.75, 3.05) is 0 Å². The van der Waals surface area contributed by atoms with Crippen LogP contribution in [0.15, 0.2) is 48.8 Å². The maximum Gasteiger partial charge on any atom is 0.304 e. The predicted octanol–water partition coefficient (Wildman–Crippen LogP) is 4.18. The van der Waals surface area contributed by atoms with Crippen molar-refractivity contribution in [3.8, 4) is 5.69 Å². The van der Waals surface area contributed by atoms with Gasteiger partial charge in [-0.2, -0.15) is 0 Å². The summed E-state index contributed by atoms with van der Waals surface area (Å²) in [7, 11) is 0. The lowest BCUT2D eigenvalue weighted by Crippen LogP contribution is -2.57. The molecule has 0 bridgehead atoms. The average molecular weight is 362 g/mol. The smallest absolute Gasteiger partial charge is 0.304 e. The Hall–Kier alpha value is -2.46. The molecule has 1 aromatic heterocycles. The summed E-state index contributed by atoms with van der Waals surface area (Å²) in [4.78, 5) is 0. The van der Waals surface area contributed by atoms with Crippen molar-refractivity contribution < 1.29 is 9.30 Å². The third-order valence-corrected chi connectivity index (χ3v) is 5.60. The van der Waals surface area contributed by atoms with E-state index >= 15 is 0 Å². The lowest BCUT2D eigenvalue weighted by Gasteiger charge is -2.36. The summed E-state index contributed by atoms with van der Waals surface area (Å²) in [6.07, 6.45) is 3.07. The van der Waals surface area contributed by atoms with Crippen molar-refractivity contribution in [3.63, 3.8) is 0 Å². The van der Waals surface area contributed by atoms with E-state index in [-0.39, 0.29) is 11.6 Å². The molecule has 0 saturated heterocycles. The van der Waals surface area contributed by atoms with Crippen LogP contribution in [0.2, 0.25) is 0 Å². The van der Waals surface area contributed by atoms with E-state index in [4.69, 9.17) is 9.84 Å². The van der Waals surface area contributed by atoms with Gasteiger partial charge in [-0.1, -0.05) is 52.7 Å². The van der Waals surface area contributed by atoms with Crippen molar-refractivity contribution in [2.45, 2.75) is 59.3 Å². The second kappa shape index (κ2) is 6.61. The Morgan fingerprint density at radius 2 is 1.78 bits per heavy atom. The first-order valence-corrected chi connectivity index (χ1v) is 9.61. The number of hydrogen-bond acceptors (Lipinski definition) is 2. The molecule has 4 heteroatoms. The minimum Gasteiger partial charge on any atom is -0.361 e. The summed E-state index contributed by atoms with van der Waals surface area (Å²) in [5.74, 6) is 0.981. The fourth-order valence-electron chi connectivity index (χ4n) is 4.25. The molecule has 0 amide bonds. The predicted molar refractivity (Wildman–Crippen MR) is 106 cm³/mol. The maximum absolute atomic E-state index is 6.21. The van der Waals surface area contributed by atoms with Crippen LogP contribution < -0.4 is 4.57 Å². The van der Waals surface area contributed by atoms with E-state index in [1.165, 1.54) is 27.9 Å². The second-order valence-corrected chi connectivity index (χ2v) is 8.23. The molecule has 2 heterocycles. The molecule has 0 spiro atoms. The van der Waals surface area contributed by atoms with Crippen LogP contribution in [0.4, 0.5) is 0 Å². The number of aryl methyl sites for hydroxylation is 3. The van der Waals surface area contributed by atoms with Gasteiger partial charge in [-0.05, 0) is 51.3 Å². The summed E-state index contributed by atoms with van der Waals surface area (Å²) in [6.45, 7) is 11.3. The van der Waals surface area contributed by atoms with Gasteiger partial charge in [0.15, 0.2) is 0 Å². The Labute approximate surface area is 161 Å². The van der Waals surface area contributed by atoms with Crippen LogP contribution in [0.25, 0.3) is 5.69 Å². The minimum absolute atomic E-state index is 0.198. The quantitative estimate of drug-likeness (QED) is 0.655. The van der Waals surface area contributed by atoms with Gasteiger partial charge >= 0.3 is 5.82 Å². The Bertz CT molecular complexity index is 950. The van der Waals surface area contributed by atoms with Crippen LogP contribution in [0.3, 0.4) is 0 Å². The monoisotopic (exact) mass is 362 g/mol. The molecule has 1 unspecified atom stereocenters. The highest BCUT2D eigenvalue weighted by Crippen LogP contribution is 2.31. The number of ether oxygens (including phenoxy) is 1. The third kappa shape index (κ3) is 3.30. The van der Waals surface area contributed by atoms with E-state index < -0.39 is 0 Å². The van der Waals surface area contributed by atoms with Gasteiger partial charge in [0.1, 0.15) is 18.3 Å². The number of nitrogens with zero attached hydrogens (tertiary/aromatic N) is 3. The SMILES string of the molecule is Cc1cc(C)c(-n2c[n+]3c(n2)COC(C)(C)C3Cc2ccccc2)c(C)c1. The molecule has 0 saturated carbocycles. The summed E-state index contributed by atoms with van der Waals surface area (Å²) >= 11 is 0. The van der Waals surface area contributed by atoms with Gasteiger partial charge in [0, 0.05) is 11.5 Å². The molecule has 4 nitrogen and oxygen atoms in total. The van der Waals surface area contributed by atoms with E-state index in [1.54, 1.807) is 0 Å². The first kappa shape index (κ1) is 17.9. The molecule has 140 valence electrons.